The Bertz CT molecular complexity index is 134. The van der Waals surface area contributed by atoms with E-state index in [-0.39, 0.29) is 0 Å². The molecule has 1 aliphatic heterocycles. The van der Waals surface area contributed by atoms with Gasteiger partial charge >= 0.3 is 0 Å². The van der Waals surface area contributed by atoms with Crippen molar-refractivity contribution in [2.24, 2.45) is 0 Å². The predicted molar refractivity (Wildman–Crippen MR) is 49.4 cm³/mol. The van der Waals surface area contributed by atoms with Gasteiger partial charge in [-0.25, -0.2) is 4.58 Å². The lowest BCUT2D eigenvalue weighted by atomic mass is 10.1. The molecular weight excluding hydrogens is 134 g/mol. The minimum absolute atomic E-state index is 0.815. The standard InChI is InChI=1S/C10H20N/c1-3-10(4-2)11-8-6-5-7-9-11/h8,10H,3-7,9H2,1-2H3/q+1. The molecule has 0 atom stereocenters. The fraction of sp³-hybridized carbons (Fsp3) is 0.900. The molecule has 0 bridgehead atoms. The first kappa shape index (κ1) is 8.76. The van der Waals surface area contributed by atoms with Crippen LogP contribution in [0.15, 0.2) is 0 Å². The van der Waals surface area contributed by atoms with E-state index in [1.54, 1.807) is 0 Å². The summed E-state index contributed by atoms with van der Waals surface area (Å²) in [5, 5.41) is 0. The Morgan fingerprint density at radius 2 is 2.00 bits per heavy atom. The highest BCUT2D eigenvalue weighted by molar-refractivity contribution is 5.51. The van der Waals surface area contributed by atoms with Crippen LogP contribution in [0.1, 0.15) is 46.0 Å². The van der Waals surface area contributed by atoms with Crippen LogP contribution >= 0.6 is 0 Å². The van der Waals surface area contributed by atoms with E-state index in [1.807, 2.05) is 0 Å². The summed E-state index contributed by atoms with van der Waals surface area (Å²) in [6, 6.07) is 0.815. The Kier molecular flexibility index (Phi) is 3.61. The number of rotatable bonds is 3. The van der Waals surface area contributed by atoms with E-state index in [0.717, 1.165) is 6.04 Å². The van der Waals surface area contributed by atoms with Crippen molar-refractivity contribution >= 4 is 6.21 Å². The summed E-state index contributed by atoms with van der Waals surface area (Å²) < 4.78 is 2.55. The molecule has 11 heavy (non-hydrogen) atoms. The SMILES string of the molecule is CCC(CC)[N+]1=CCCCC1. The Morgan fingerprint density at radius 3 is 2.45 bits per heavy atom. The molecule has 0 aromatic rings. The van der Waals surface area contributed by atoms with Gasteiger partial charge in [0.15, 0.2) is 6.04 Å². The highest BCUT2D eigenvalue weighted by Crippen LogP contribution is 2.08. The molecule has 0 unspecified atom stereocenters. The van der Waals surface area contributed by atoms with Gasteiger partial charge in [-0.2, -0.15) is 0 Å². The maximum Gasteiger partial charge on any atom is 0.151 e. The van der Waals surface area contributed by atoms with Gasteiger partial charge in [0.2, 0.25) is 0 Å². The molecule has 0 aromatic carbocycles. The van der Waals surface area contributed by atoms with Crippen molar-refractivity contribution in [2.45, 2.75) is 52.0 Å². The molecule has 0 amide bonds. The van der Waals surface area contributed by atoms with Gasteiger partial charge in [0.1, 0.15) is 12.8 Å². The third-order valence-corrected chi connectivity index (χ3v) is 2.65. The second-order valence-corrected chi connectivity index (χ2v) is 3.39. The summed E-state index contributed by atoms with van der Waals surface area (Å²) in [6.07, 6.45) is 9.10. The smallest absolute Gasteiger partial charge is 0.151 e. The van der Waals surface area contributed by atoms with E-state index >= 15 is 0 Å². The van der Waals surface area contributed by atoms with Gasteiger partial charge in [-0.3, -0.25) is 0 Å². The molecule has 0 radical (unpaired) electrons. The molecule has 0 aliphatic carbocycles. The van der Waals surface area contributed by atoms with Crippen LogP contribution < -0.4 is 0 Å². The fourth-order valence-electron chi connectivity index (χ4n) is 1.88. The van der Waals surface area contributed by atoms with Gasteiger partial charge in [0.05, 0.1) is 0 Å². The van der Waals surface area contributed by atoms with Crippen molar-refractivity contribution < 1.29 is 4.58 Å². The molecule has 0 N–H and O–H groups in total. The number of hydrogen-bond acceptors (Lipinski definition) is 0. The molecule has 0 aromatic heterocycles. The highest BCUT2D eigenvalue weighted by atomic mass is 15.0. The minimum atomic E-state index is 0.815. The molecule has 1 heterocycles. The molecule has 1 aliphatic rings. The first-order valence-corrected chi connectivity index (χ1v) is 4.97. The molecule has 1 heteroatoms. The summed E-state index contributed by atoms with van der Waals surface area (Å²) in [5.41, 5.74) is 0. The monoisotopic (exact) mass is 154 g/mol. The van der Waals surface area contributed by atoms with Crippen LogP contribution in [0, 0.1) is 0 Å². The molecule has 0 saturated carbocycles. The molecule has 0 saturated heterocycles. The Labute approximate surface area is 70.1 Å². The van der Waals surface area contributed by atoms with E-state index in [2.05, 4.69) is 24.6 Å². The van der Waals surface area contributed by atoms with Crippen LogP contribution in [0.2, 0.25) is 0 Å². The van der Waals surface area contributed by atoms with Crippen molar-refractivity contribution in [3.8, 4) is 0 Å². The van der Waals surface area contributed by atoms with Gasteiger partial charge in [-0.1, -0.05) is 13.8 Å². The highest BCUT2D eigenvalue weighted by Gasteiger charge is 2.17. The zero-order chi connectivity index (χ0) is 8.10. The molecule has 1 nitrogen and oxygen atoms in total. The maximum atomic E-state index is 2.55. The van der Waals surface area contributed by atoms with Crippen molar-refractivity contribution in [3.63, 3.8) is 0 Å². The topological polar surface area (TPSA) is 3.01 Å². The van der Waals surface area contributed by atoms with Crippen LogP contribution in [0.5, 0.6) is 0 Å². The van der Waals surface area contributed by atoms with E-state index < -0.39 is 0 Å². The minimum Gasteiger partial charge on any atom is -0.237 e. The largest absolute Gasteiger partial charge is 0.237 e. The van der Waals surface area contributed by atoms with Gasteiger partial charge < -0.3 is 0 Å². The second-order valence-electron chi connectivity index (χ2n) is 3.39. The molecule has 64 valence electrons. The fourth-order valence-corrected chi connectivity index (χ4v) is 1.88. The average molecular weight is 154 g/mol. The Morgan fingerprint density at radius 1 is 1.27 bits per heavy atom. The van der Waals surface area contributed by atoms with E-state index in [0.29, 0.717) is 0 Å². The second kappa shape index (κ2) is 4.53. The first-order valence-electron chi connectivity index (χ1n) is 4.97. The summed E-state index contributed by atoms with van der Waals surface area (Å²) in [5.74, 6) is 0. The average Bonchev–Trinajstić information content (AvgIpc) is 2.09. The van der Waals surface area contributed by atoms with Gasteiger partial charge in [-0.05, 0) is 6.42 Å². The molecule has 1 rings (SSSR count). The summed E-state index contributed by atoms with van der Waals surface area (Å²) >= 11 is 0. The van der Waals surface area contributed by atoms with E-state index in [1.165, 1.54) is 38.6 Å². The van der Waals surface area contributed by atoms with Crippen LogP contribution in [-0.4, -0.2) is 23.4 Å². The lowest BCUT2D eigenvalue weighted by Crippen LogP contribution is -2.29. The van der Waals surface area contributed by atoms with Crippen LogP contribution in [-0.2, 0) is 0 Å². The number of nitrogens with zero attached hydrogens (tertiary/aromatic N) is 1. The molecular formula is C10H20N+. The van der Waals surface area contributed by atoms with Crippen molar-refractivity contribution in [3.05, 3.63) is 0 Å². The first-order chi connectivity index (χ1) is 5.38. The third-order valence-electron chi connectivity index (χ3n) is 2.65. The van der Waals surface area contributed by atoms with Crippen molar-refractivity contribution in [1.29, 1.82) is 0 Å². The quantitative estimate of drug-likeness (QED) is 0.549. The van der Waals surface area contributed by atoms with E-state index in [9.17, 15) is 0 Å². The number of hydrogen-bond donors (Lipinski definition) is 0. The predicted octanol–water partition coefficient (Wildman–Crippen LogP) is 2.44. The summed E-state index contributed by atoms with van der Waals surface area (Å²) in [4.78, 5) is 0. The Hall–Kier alpha value is -0.330. The van der Waals surface area contributed by atoms with E-state index in [4.69, 9.17) is 0 Å². The zero-order valence-electron chi connectivity index (χ0n) is 7.84. The van der Waals surface area contributed by atoms with Gasteiger partial charge in [0.25, 0.3) is 0 Å². The van der Waals surface area contributed by atoms with Crippen LogP contribution in [0.3, 0.4) is 0 Å². The normalized spacial score (nSPS) is 18.6. The van der Waals surface area contributed by atoms with Crippen LogP contribution in [0.25, 0.3) is 0 Å². The third kappa shape index (κ3) is 2.32. The molecule has 0 fully saturated rings. The Balaban J connectivity index is 2.48. The van der Waals surface area contributed by atoms with Gasteiger partial charge in [-0.15, -0.1) is 0 Å². The van der Waals surface area contributed by atoms with Gasteiger partial charge in [0, 0.05) is 25.7 Å². The summed E-state index contributed by atoms with van der Waals surface area (Å²) in [7, 11) is 0. The zero-order valence-corrected chi connectivity index (χ0v) is 7.84. The van der Waals surface area contributed by atoms with Crippen molar-refractivity contribution in [1.82, 2.24) is 0 Å². The maximum absolute atomic E-state index is 2.55. The molecule has 0 spiro atoms. The lowest BCUT2D eigenvalue weighted by molar-refractivity contribution is -0.567. The van der Waals surface area contributed by atoms with Crippen molar-refractivity contribution in [2.75, 3.05) is 6.54 Å². The van der Waals surface area contributed by atoms with Crippen LogP contribution in [0.4, 0.5) is 0 Å². The lowest BCUT2D eigenvalue weighted by Gasteiger charge is -2.15. The summed E-state index contributed by atoms with van der Waals surface area (Å²) in [6.45, 7) is 5.87.